The molecule has 1 amide bonds. The summed E-state index contributed by atoms with van der Waals surface area (Å²) >= 11 is 0. The largest absolute Gasteiger partial charge is 0.498 e. The highest BCUT2D eigenvalue weighted by Gasteiger charge is 2.52. The molecule has 0 aliphatic carbocycles. The molecule has 29 heavy (non-hydrogen) atoms. The maximum atomic E-state index is 12.2. The number of carbonyl (C=O) groups is 1. The van der Waals surface area contributed by atoms with E-state index in [9.17, 15) is 9.90 Å². The van der Waals surface area contributed by atoms with Gasteiger partial charge in [-0.15, -0.1) is 0 Å². The lowest BCUT2D eigenvalue weighted by Gasteiger charge is -2.32. The predicted octanol–water partition coefficient (Wildman–Crippen LogP) is -0.444. The van der Waals surface area contributed by atoms with E-state index in [1.165, 1.54) is 0 Å². The van der Waals surface area contributed by atoms with Gasteiger partial charge in [-0.25, -0.2) is 9.97 Å². The van der Waals surface area contributed by atoms with E-state index in [2.05, 4.69) is 9.97 Å². The average Bonchev–Trinajstić information content (AvgIpc) is 3.21. The lowest BCUT2D eigenvalue weighted by Crippen LogP contribution is -2.47. The van der Waals surface area contributed by atoms with Crippen molar-refractivity contribution in [3.63, 3.8) is 0 Å². The molecule has 160 valence electrons. The van der Waals surface area contributed by atoms with Gasteiger partial charge in [-0.2, -0.15) is 0 Å². The highest BCUT2D eigenvalue weighted by Crippen LogP contribution is 2.36. The molecule has 1 aromatic heterocycles. The van der Waals surface area contributed by atoms with Crippen LogP contribution >= 0.6 is 0 Å². The number of aliphatic hydroxyl groups is 2. The summed E-state index contributed by atoms with van der Waals surface area (Å²) < 4.78 is 12.1. The van der Waals surface area contributed by atoms with Crippen LogP contribution in [0.1, 0.15) is 40.5 Å². The molecule has 0 radical (unpaired) electrons. The van der Waals surface area contributed by atoms with Crippen molar-refractivity contribution in [3.8, 4) is 0 Å². The smallest absolute Gasteiger partial charge is 0.399 e. The van der Waals surface area contributed by atoms with Crippen molar-refractivity contribution in [1.29, 1.82) is 0 Å². The Hall–Kier alpha value is -1.75. The van der Waals surface area contributed by atoms with Gasteiger partial charge < -0.3 is 29.3 Å². The Balaban J connectivity index is 1.64. The Bertz CT molecular complexity index is 714. The Labute approximate surface area is 172 Å². The second-order valence-corrected chi connectivity index (χ2v) is 8.81. The van der Waals surface area contributed by atoms with Gasteiger partial charge >= 0.3 is 7.12 Å². The molecule has 10 heteroatoms. The van der Waals surface area contributed by atoms with Crippen LogP contribution in [-0.2, 0) is 14.1 Å². The highest BCUT2D eigenvalue weighted by atomic mass is 16.7. The number of likely N-dealkylation sites (N-methyl/N-ethyl adjacent to an activating group) is 1. The predicted molar refractivity (Wildman–Crippen MR) is 109 cm³/mol. The molecule has 0 bridgehead atoms. The van der Waals surface area contributed by atoms with Crippen LogP contribution in [0, 0.1) is 0 Å². The molecule has 2 aliphatic heterocycles. The molecule has 2 saturated heterocycles. The molecule has 3 rings (SSSR count). The van der Waals surface area contributed by atoms with E-state index in [1.807, 2.05) is 39.6 Å². The maximum absolute atomic E-state index is 12.2. The molecule has 9 nitrogen and oxygen atoms in total. The van der Waals surface area contributed by atoms with E-state index in [0.29, 0.717) is 19.0 Å². The van der Waals surface area contributed by atoms with E-state index in [4.69, 9.17) is 14.4 Å². The summed E-state index contributed by atoms with van der Waals surface area (Å²) in [4.78, 5) is 24.6. The van der Waals surface area contributed by atoms with Gasteiger partial charge in [-0.05, 0) is 40.5 Å². The number of rotatable bonds is 6. The third-order valence-electron chi connectivity index (χ3n) is 6.13. The summed E-state index contributed by atoms with van der Waals surface area (Å²) in [6.45, 7) is 8.55. The Morgan fingerprint density at radius 1 is 1.31 bits per heavy atom. The minimum absolute atomic E-state index is 0.0555. The number of carbonyl (C=O) groups excluding carboxylic acids is 1. The highest BCUT2D eigenvalue weighted by molar-refractivity contribution is 6.61. The second-order valence-electron chi connectivity index (χ2n) is 8.81. The van der Waals surface area contributed by atoms with Crippen molar-refractivity contribution in [1.82, 2.24) is 14.9 Å². The van der Waals surface area contributed by atoms with Crippen LogP contribution in [0.5, 0.6) is 0 Å². The zero-order valence-corrected chi connectivity index (χ0v) is 17.8. The van der Waals surface area contributed by atoms with Crippen LogP contribution in [0.4, 0.5) is 5.95 Å². The molecule has 2 aliphatic rings. The molecule has 0 spiro atoms. The zero-order valence-electron chi connectivity index (χ0n) is 17.8. The molecule has 0 aromatic carbocycles. The summed E-state index contributed by atoms with van der Waals surface area (Å²) in [6, 6.07) is -0.0555. The molecule has 1 aromatic rings. The van der Waals surface area contributed by atoms with Gasteiger partial charge in [0, 0.05) is 44.0 Å². The van der Waals surface area contributed by atoms with E-state index in [-0.39, 0.29) is 6.04 Å². The van der Waals surface area contributed by atoms with Crippen LogP contribution < -0.4 is 10.4 Å². The number of hydrogen-bond acceptors (Lipinski definition) is 8. The third kappa shape index (κ3) is 4.40. The average molecular weight is 406 g/mol. The number of likely N-dealkylation sites (tertiary alicyclic amines) is 1. The number of hydrogen-bond donors (Lipinski definition) is 2. The fourth-order valence-corrected chi connectivity index (χ4v) is 3.61. The third-order valence-corrected chi connectivity index (χ3v) is 6.13. The number of amides is 1. The maximum Gasteiger partial charge on any atom is 0.498 e. The molecule has 0 unspecified atom stereocenters. The van der Waals surface area contributed by atoms with Crippen molar-refractivity contribution in [2.45, 2.75) is 63.9 Å². The van der Waals surface area contributed by atoms with Crippen LogP contribution in [0.2, 0.25) is 0 Å². The number of aliphatic hydroxyl groups excluding tert-OH is 2. The first-order valence-electron chi connectivity index (χ1n) is 10.0. The van der Waals surface area contributed by atoms with Crippen molar-refractivity contribution in [2.75, 3.05) is 31.6 Å². The molecule has 2 N–H and O–H groups in total. The van der Waals surface area contributed by atoms with E-state index >= 15 is 0 Å². The van der Waals surface area contributed by atoms with Gasteiger partial charge in [0.1, 0.15) is 0 Å². The van der Waals surface area contributed by atoms with Crippen molar-refractivity contribution >= 4 is 24.4 Å². The van der Waals surface area contributed by atoms with E-state index < -0.39 is 36.9 Å². The first-order valence-corrected chi connectivity index (χ1v) is 10.0. The molecule has 2 fully saturated rings. The van der Waals surface area contributed by atoms with Crippen LogP contribution in [0.25, 0.3) is 0 Å². The monoisotopic (exact) mass is 406 g/mol. The normalized spacial score (nSPS) is 24.0. The Kier molecular flexibility index (Phi) is 6.19. The molecular formula is C19H31BN4O5. The lowest BCUT2D eigenvalue weighted by atomic mass is 9.81. The minimum atomic E-state index is -1.36. The number of nitrogens with zero attached hydrogens (tertiary/aromatic N) is 4. The first kappa shape index (κ1) is 22.0. The van der Waals surface area contributed by atoms with E-state index in [0.717, 1.165) is 18.3 Å². The molecule has 0 saturated carbocycles. The minimum Gasteiger partial charge on any atom is -0.399 e. The fraction of sp³-hybridized carbons (Fsp3) is 0.737. The van der Waals surface area contributed by atoms with Crippen LogP contribution in [0.15, 0.2) is 12.4 Å². The van der Waals surface area contributed by atoms with Gasteiger partial charge in [0.15, 0.2) is 6.10 Å². The molecule has 2 atom stereocenters. The topological polar surface area (TPSA) is 108 Å². The quantitative estimate of drug-likeness (QED) is 0.612. The Morgan fingerprint density at radius 3 is 2.45 bits per heavy atom. The van der Waals surface area contributed by atoms with E-state index in [1.54, 1.807) is 17.3 Å². The lowest BCUT2D eigenvalue weighted by molar-refractivity contribution is -0.142. The number of anilines is 1. The number of aromatic nitrogens is 2. The SMILES string of the molecule is CN(C[C@@H]1CCCN1C(=O)[C@H](O)CO)c1ncc(B2OC(C)(C)C(C)(C)O2)cn1. The summed E-state index contributed by atoms with van der Waals surface area (Å²) in [5.74, 6) is 0.104. The first-order chi connectivity index (χ1) is 13.6. The second kappa shape index (κ2) is 8.18. The van der Waals surface area contributed by atoms with Crippen LogP contribution in [-0.4, -0.2) is 88.2 Å². The van der Waals surface area contributed by atoms with Crippen molar-refractivity contribution < 1.29 is 24.3 Å². The summed E-state index contributed by atoms with van der Waals surface area (Å²) in [5.41, 5.74) is -0.0975. The van der Waals surface area contributed by atoms with Gasteiger partial charge in [0.05, 0.1) is 17.8 Å². The van der Waals surface area contributed by atoms with Gasteiger partial charge in [-0.3, -0.25) is 4.79 Å². The Morgan fingerprint density at radius 2 is 1.90 bits per heavy atom. The summed E-state index contributed by atoms with van der Waals surface area (Å²) in [5, 5.41) is 18.7. The molecule has 3 heterocycles. The fourth-order valence-electron chi connectivity index (χ4n) is 3.61. The molecular weight excluding hydrogens is 375 g/mol. The van der Waals surface area contributed by atoms with Gasteiger partial charge in [0.2, 0.25) is 5.95 Å². The van der Waals surface area contributed by atoms with Gasteiger partial charge in [0.25, 0.3) is 5.91 Å². The summed E-state index contributed by atoms with van der Waals surface area (Å²) in [6.07, 6.45) is 3.74. The summed E-state index contributed by atoms with van der Waals surface area (Å²) in [7, 11) is 1.36. The van der Waals surface area contributed by atoms with Crippen molar-refractivity contribution in [3.05, 3.63) is 12.4 Å². The zero-order chi connectivity index (χ0) is 21.4. The van der Waals surface area contributed by atoms with Crippen LogP contribution in [0.3, 0.4) is 0 Å². The van der Waals surface area contributed by atoms with Gasteiger partial charge in [-0.1, -0.05) is 0 Å². The standard InChI is InChI=1S/C19H31BN4O5/c1-18(2)19(3,4)29-20(28-18)13-9-21-17(22-10-13)23(5)11-14-7-6-8-24(14)16(27)15(26)12-25/h9-10,14-15,25-26H,6-8,11-12H2,1-5H3/t14-,15+/m0/s1. The van der Waals surface area contributed by atoms with Crippen molar-refractivity contribution in [2.24, 2.45) is 0 Å².